The molecule has 16 heavy (non-hydrogen) atoms. The Balaban J connectivity index is 3.17. The van der Waals surface area contributed by atoms with Gasteiger partial charge in [-0.15, -0.1) is 0 Å². The van der Waals surface area contributed by atoms with Gasteiger partial charge in [-0.25, -0.2) is 4.79 Å². The number of hydrogen-bond donors (Lipinski definition) is 2. The van der Waals surface area contributed by atoms with Crippen LogP contribution in [0.3, 0.4) is 0 Å². The highest BCUT2D eigenvalue weighted by molar-refractivity contribution is 5.92. The van der Waals surface area contributed by atoms with Gasteiger partial charge in [0.2, 0.25) is 0 Å². The van der Waals surface area contributed by atoms with Gasteiger partial charge in [-0.2, -0.15) is 0 Å². The summed E-state index contributed by atoms with van der Waals surface area (Å²) in [7, 11) is 0. The van der Waals surface area contributed by atoms with E-state index in [1.54, 1.807) is 18.2 Å². The van der Waals surface area contributed by atoms with Gasteiger partial charge in [0.1, 0.15) is 0 Å². The van der Waals surface area contributed by atoms with Crippen molar-refractivity contribution in [1.82, 2.24) is 0 Å². The molecule has 0 spiro atoms. The van der Waals surface area contributed by atoms with Crippen LogP contribution in [0.1, 0.15) is 41.6 Å². The SMILES string of the molecule is CCCC(C(=O)O)c1ccccc1C(=O)O. The molecule has 1 aromatic rings. The lowest BCUT2D eigenvalue weighted by atomic mass is 9.91. The number of carbonyl (C=O) groups is 2. The van der Waals surface area contributed by atoms with Gasteiger partial charge < -0.3 is 10.2 Å². The highest BCUT2D eigenvalue weighted by Crippen LogP contribution is 2.25. The molecular weight excluding hydrogens is 208 g/mol. The second-order valence-corrected chi connectivity index (χ2v) is 3.57. The fraction of sp³-hybridized carbons (Fsp3) is 0.333. The summed E-state index contributed by atoms with van der Waals surface area (Å²) in [6.45, 7) is 1.87. The van der Waals surface area contributed by atoms with Crippen LogP contribution in [-0.2, 0) is 4.79 Å². The molecule has 0 aliphatic carbocycles. The predicted octanol–water partition coefficient (Wildman–Crippen LogP) is 2.35. The zero-order valence-corrected chi connectivity index (χ0v) is 9.01. The molecule has 0 saturated carbocycles. The number of aromatic carboxylic acids is 1. The zero-order chi connectivity index (χ0) is 12.1. The van der Waals surface area contributed by atoms with Crippen molar-refractivity contribution in [2.45, 2.75) is 25.7 Å². The van der Waals surface area contributed by atoms with E-state index in [-0.39, 0.29) is 5.56 Å². The first-order valence-corrected chi connectivity index (χ1v) is 5.13. The summed E-state index contributed by atoms with van der Waals surface area (Å²) in [5, 5.41) is 18.0. The van der Waals surface area contributed by atoms with Crippen LogP contribution in [0.5, 0.6) is 0 Å². The molecule has 0 aromatic heterocycles. The van der Waals surface area contributed by atoms with Crippen LogP contribution in [-0.4, -0.2) is 22.2 Å². The smallest absolute Gasteiger partial charge is 0.335 e. The molecule has 2 N–H and O–H groups in total. The summed E-state index contributed by atoms with van der Waals surface area (Å²) in [6.07, 6.45) is 1.14. The van der Waals surface area contributed by atoms with Gasteiger partial charge in [0.15, 0.2) is 0 Å². The third-order valence-electron chi connectivity index (χ3n) is 2.44. The van der Waals surface area contributed by atoms with Gasteiger partial charge >= 0.3 is 11.9 Å². The first-order valence-electron chi connectivity index (χ1n) is 5.13. The fourth-order valence-corrected chi connectivity index (χ4v) is 1.70. The summed E-state index contributed by atoms with van der Waals surface area (Å²) in [6, 6.07) is 6.26. The topological polar surface area (TPSA) is 74.6 Å². The molecule has 0 fully saturated rings. The van der Waals surface area contributed by atoms with Crippen LogP contribution in [0.25, 0.3) is 0 Å². The van der Waals surface area contributed by atoms with Crippen LogP contribution in [0, 0.1) is 0 Å². The predicted molar refractivity (Wildman–Crippen MR) is 58.7 cm³/mol. The van der Waals surface area contributed by atoms with Gasteiger partial charge in [-0.05, 0) is 18.1 Å². The molecule has 0 aliphatic rings. The molecule has 4 nitrogen and oxygen atoms in total. The van der Waals surface area contributed by atoms with E-state index < -0.39 is 17.9 Å². The average molecular weight is 222 g/mol. The van der Waals surface area contributed by atoms with Crippen molar-refractivity contribution in [2.75, 3.05) is 0 Å². The molecule has 0 heterocycles. The van der Waals surface area contributed by atoms with Crippen LogP contribution in [0.2, 0.25) is 0 Å². The van der Waals surface area contributed by atoms with E-state index in [1.807, 2.05) is 6.92 Å². The molecule has 0 amide bonds. The second-order valence-electron chi connectivity index (χ2n) is 3.57. The minimum absolute atomic E-state index is 0.0725. The molecule has 1 aromatic carbocycles. The van der Waals surface area contributed by atoms with Crippen molar-refractivity contribution < 1.29 is 19.8 Å². The van der Waals surface area contributed by atoms with Crippen LogP contribution >= 0.6 is 0 Å². The van der Waals surface area contributed by atoms with E-state index in [1.165, 1.54) is 6.07 Å². The van der Waals surface area contributed by atoms with Crippen LogP contribution in [0.15, 0.2) is 24.3 Å². The van der Waals surface area contributed by atoms with Crippen molar-refractivity contribution in [3.05, 3.63) is 35.4 Å². The lowest BCUT2D eigenvalue weighted by Gasteiger charge is -2.13. The third-order valence-corrected chi connectivity index (χ3v) is 2.44. The standard InChI is InChI=1S/C12H14O4/c1-2-5-9(11(13)14)8-6-3-4-7-10(8)12(15)16/h3-4,6-7,9H,2,5H2,1H3,(H,13,14)(H,15,16). The maximum atomic E-state index is 11.1. The molecule has 0 aliphatic heterocycles. The Hall–Kier alpha value is -1.84. The van der Waals surface area contributed by atoms with Crippen molar-refractivity contribution in [3.8, 4) is 0 Å². The van der Waals surface area contributed by atoms with E-state index in [2.05, 4.69) is 0 Å². The fourth-order valence-electron chi connectivity index (χ4n) is 1.70. The van der Waals surface area contributed by atoms with E-state index >= 15 is 0 Å². The van der Waals surface area contributed by atoms with Gasteiger partial charge in [0.05, 0.1) is 11.5 Å². The Morgan fingerprint density at radius 2 is 1.88 bits per heavy atom. The normalized spacial score (nSPS) is 12.1. The Morgan fingerprint density at radius 1 is 1.25 bits per heavy atom. The molecule has 86 valence electrons. The van der Waals surface area contributed by atoms with Crippen LogP contribution in [0.4, 0.5) is 0 Å². The number of rotatable bonds is 5. The molecule has 1 unspecified atom stereocenters. The Morgan fingerprint density at radius 3 is 2.38 bits per heavy atom. The van der Waals surface area contributed by atoms with Crippen molar-refractivity contribution >= 4 is 11.9 Å². The summed E-state index contributed by atoms with van der Waals surface area (Å²) < 4.78 is 0. The highest BCUT2D eigenvalue weighted by Gasteiger charge is 2.23. The second kappa shape index (κ2) is 5.30. The van der Waals surface area contributed by atoms with Crippen molar-refractivity contribution in [1.29, 1.82) is 0 Å². The minimum Gasteiger partial charge on any atom is -0.481 e. The minimum atomic E-state index is -1.09. The quantitative estimate of drug-likeness (QED) is 0.801. The monoisotopic (exact) mass is 222 g/mol. The van der Waals surface area contributed by atoms with Gasteiger partial charge in [0.25, 0.3) is 0 Å². The van der Waals surface area contributed by atoms with Crippen LogP contribution < -0.4 is 0 Å². The summed E-state index contributed by atoms with van der Waals surface area (Å²) in [4.78, 5) is 22.0. The van der Waals surface area contributed by atoms with E-state index in [0.29, 0.717) is 18.4 Å². The largest absolute Gasteiger partial charge is 0.481 e. The summed E-state index contributed by atoms with van der Waals surface area (Å²) in [5.74, 6) is -2.80. The lowest BCUT2D eigenvalue weighted by molar-refractivity contribution is -0.139. The molecular formula is C12H14O4. The number of carboxylic acids is 2. The first-order chi connectivity index (χ1) is 7.57. The first kappa shape index (κ1) is 12.2. The Bertz CT molecular complexity index is 398. The van der Waals surface area contributed by atoms with Gasteiger partial charge in [-0.1, -0.05) is 31.5 Å². The third kappa shape index (κ3) is 2.59. The maximum absolute atomic E-state index is 11.1. The number of carboxylic acid groups (broad SMARTS) is 2. The molecule has 0 bridgehead atoms. The zero-order valence-electron chi connectivity index (χ0n) is 9.01. The lowest BCUT2D eigenvalue weighted by Crippen LogP contribution is -2.15. The van der Waals surface area contributed by atoms with Crippen molar-refractivity contribution in [3.63, 3.8) is 0 Å². The highest BCUT2D eigenvalue weighted by atomic mass is 16.4. The molecule has 0 saturated heterocycles. The van der Waals surface area contributed by atoms with E-state index in [0.717, 1.165) is 0 Å². The Kier molecular flexibility index (Phi) is 4.05. The summed E-state index contributed by atoms with van der Waals surface area (Å²) >= 11 is 0. The maximum Gasteiger partial charge on any atom is 0.335 e. The van der Waals surface area contributed by atoms with Crippen molar-refractivity contribution in [2.24, 2.45) is 0 Å². The molecule has 0 radical (unpaired) electrons. The summed E-state index contributed by atoms with van der Waals surface area (Å²) in [5.41, 5.74) is 0.452. The van der Waals surface area contributed by atoms with E-state index in [9.17, 15) is 9.59 Å². The number of aliphatic carboxylic acids is 1. The van der Waals surface area contributed by atoms with Gasteiger partial charge in [0, 0.05) is 0 Å². The Labute approximate surface area is 93.5 Å². The molecule has 4 heteroatoms. The molecule has 1 rings (SSSR count). The average Bonchev–Trinajstić information content (AvgIpc) is 2.25. The van der Waals surface area contributed by atoms with Gasteiger partial charge in [-0.3, -0.25) is 4.79 Å². The number of benzene rings is 1. The number of hydrogen-bond acceptors (Lipinski definition) is 2. The van der Waals surface area contributed by atoms with E-state index in [4.69, 9.17) is 10.2 Å². The molecule has 1 atom stereocenters.